The van der Waals surface area contributed by atoms with E-state index in [1.54, 1.807) is 0 Å². The van der Waals surface area contributed by atoms with Crippen molar-refractivity contribution in [1.29, 1.82) is 0 Å². The lowest BCUT2D eigenvalue weighted by atomic mass is 9.93. The first-order valence-electron chi connectivity index (χ1n) is 7.49. The molecule has 19 heavy (non-hydrogen) atoms. The van der Waals surface area contributed by atoms with Crippen molar-refractivity contribution in [3.05, 3.63) is 22.4 Å². The molecule has 0 bridgehead atoms. The lowest BCUT2D eigenvalue weighted by Gasteiger charge is -2.35. The van der Waals surface area contributed by atoms with E-state index in [2.05, 4.69) is 50.5 Å². The normalized spacial score (nSPS) is 26.0. The monoisotopic (exact) mass is 281 g/mol. The van der Waals surface area contributed by atoms with Crippen molar-refractivity contribution < 1.29 is 4.74 Å². The molecular weight excluding hydrogens is 254 g/mol. The fraction of sp³-hybridized carbons (Fsp3) is 0.750. The van der Waals surface area contributed by atoms with Crippen LogP contribution in [0.25, 0.3) is 0 Å². The summed E-state index contributed by atoms with van der Waals surface area (Å²) in [6.45, 7) is 10.0. The summed E-state index contributed by atoms with van der Waals surface area (Å²) in [6.07, 6.45) is 2.70. The van der Waals surface area contributed by atoms with Crippen molar-refractivity contribution in [3.63, 3.8) is 0 Å². The Bertz CT molecular complexity index is 361. The summed E-state index contributed by atoms with van der Waals surface area (Å²) in [5.41, 5.74) is 0. The molecule has 2 heterocycles. The zero-order valence-electron chi connectivity index (χ0n) is 12.6. The predicted octanol–water partition coefficient (Wildman–Crippen LogP) is 4.24. The second kappa shape index (κ2) is 6.87. The third kappa shape index (κ3) is 4.04. The number of thiophene rings is 1. The van der Waals surface area contributed by atoms with Gasteiger partial charge < -0.3 is 10.1 Å². The number of rotatable bonds is 5. The second-order valence-electron chi connectivity index (χ2n) is 6.28. The lowest BCUT2D eigenvalue weighted by Crippen LogP contribution is -2.43. The number of ether oxygens (including phenoxy) is 1. The molecule has 3 heteroatoms. The van der Waals surface area contributed by atoms with Gasteiger partial charge in [0.1, 0.15) is 0 Å². The van der Waals surface area contributed by atoms with E-state index in [0.29, 0.717) is 30.0 Å². The van der Waals surface area contributed by atoms with E-state index in [0.717, 1.165) is 19.4 Å². The number of nitrogens with one attached hydrogen (secondary N) is 1. The Morgan fingerprint density at radius 2 is 2.11 bits per heavy atom. The Morgan fingerprint density at radius 1 is 1.32 bits per heavy atom. The first kappa shape index (κ1) is 15.0. The summed E-state index contributed by atoms with van der Waals surface area (Å²) < 4.78 is 5.86. The molecule has 1 aromatic heterocycles. The first-order valence-corrected chi connectivity index (χ1v) is 8.37. The van der Waals surface area contributed by atoms with Crippen LogP contribution in [0.4, 0.5) is 0 Å². The SMILES string of the molecule is CC(C)C1CC(NC(c2cccs2)C(C)C)CCO1. The highest BCUT2D eigenvalue weighted by molar-refractivity contribution is 7.10. The summed E-state index contributed by atoms with van der Waals surface area (Å²) in [5, 5.41) is 6.05. The highest BCUT2D eigenvalue weighted by Gasteiger charge is 2.28. The molecule has 0 aromatic carbocycles. The molecule has 3 unspecified atom stereocenters. The van der Waals surface area contributed by atoms with Crippen LogP contribution in [0.5, 0.6) is 0 Å². The minimum absolute atomic E-state index is 0.419. The smallest absolute Gasteiger partial charge is 0.0612 e. The molecule has 0 saturated carbocycles. The zero-order chi connectivity index (χ0) is 13.8. The van der Waals surface area contributed by atoms with Gasteiger partial charge in [0, 0.05) is 23.6 Å². The van der Waals surface area contributed by atoms with Crippen molar-refractivity contribution in [2.45, 2.75) is 58.7 Å². The van der Waals surface area contributed by atoms with Crippen LogP contribution in [0.3, 0.4) is 0 Å². The molecular formula is C16H27NOS. The van der Waals surface area contributed by atoms with Crippen molar-refractivity contribution in [1.82, 2.24) is 5.32 Å². The topological polar surface area (TPSA) is 21.3 Å². The van der Waals surface area contributed by atoms with Crippen LogP contribution >= 0.6 is 11.3 Å². The largest absolute Gasteiger partial charge is 0.378 e. The maximum absolute atomic E-state index is 5.86. The van der Waals surface area contributed by atoms with Crippen LogP contribution in [-0.2, 0) is 4.74 Å². The Hall–Kier alpha value is -0.380. The van der Waals surface area contributed by atoms with Crippen LogP contribution in [0.2, 0.25) is 0 Å². The van der Waals surface area contributed by atoms with Crippen molar-refractivity contribution in [2.24, 2.45) is 11.8 Å². The molecule has 2 rings (SSSR count). The molecule has 1 N–H and O–H groups in total. The minimum atomic E-state index is 0.419. The number of hydrogen-bond acceptors (Lipinski definition) is 3. The van der Waals surface area contributed by atoms with Gasteiger partial charge in [0.15, 0.2) is 0 Å². The summed E-state index contributed by atoms with van der Waals surface area (Å²) >= 11 is 1.86. The zero-order valence-corrected chi connectivity index (χ0v) is 13.4. The Labute approximate surface area is 121 Å². The van der Waals surface area contributed by atoms with Crippen LogP contribution in [0.15, 0.2) is 17.5 Å². The van der Waals surface area contributed by atoms with Crippen molar-refractivity contribution in [2.75, 3.05) is 6.61 Å². The molecule has 1 fully saturated rings. The van der Waals surface area contributed by atoms with E-state index >= 15 is 0 Å². The summed E-state index contributed by atoms with van der Waals surface area (Å²) in [5.74, 6) is 1.24. The van der Waals surface area contributed by atoms with Gasteiger partial charge in [-0.25, -0.2) is 0 Å². The van der Waals surface area contributed by atoms with Gasteiger partial charge in [0.05, 0.1) is 6.10 Å². The molecule has 2 nitrogen and oxygen atoms in total. The van der Waals surface area contributed by atoms with Gasteiger partial charge in [0.25, 0.3) is 0 Å². The molecule has 1 aliphatic heterocycles. The Morgan fingerprint density at radius 3 is 2.68 bits per heavy atom. The summed E-state index contributed by atoms with van der Waals surface area (Å²) in [7, 11) is 0. The van der Waals surface area contributed by atoms with E-state index in [4.69, 9.17) is 4.74 Å². The van der Waals surface area contributed by atoms with Gasteiger partial charge in [-0.3, -0.25) is 0 Å². The fourth-order valence-electron chi connectivity index (χ4n) is 2.77. The molecule has 0 spiro atoms. The first-order chi connectivity index (χ1) is 9.08. The average Bonchev–Trinajstić information content (AvgIpc) is 2.89. The maximum Gasteiger partial charge on any atom is 0.0612 e. The standard InChI is InChI=1S/C16H27NOS/c1-11(2)14-10-13(7-8-18-14)17-16(12(3)4)15-6-5-9-19-15/h5-6,9,11-14,16-17H,7-8,10H2,1-4H3. The average molecular weight is 281 g/mol. The van der Waals surface area contributed by atoms with Crippen LogP contribution in [0, 0.1) is 11.8 Å². The van der Waals surface area contributed by atoms with Gasteiger partial charge in [0.2, 0.25) is 0 Å². The number of hydrogen-bond donors (Lipinski definition) is 1. The molecule has 1 saturated heterocycles. The van der Waals surface area contributed by atoms with Gasteiger partial charge >= 0.3 is 0 Å². The van der Waals surface area contributed by atoms with E-state index in [1.807, 2.05) is 11.3 Å². The summed E-state index contributed by atoms with van der Waals surface area (Å²) in [4.78, 5) is 1.46. The van der Waals surface area contributed by atoms with E-state index in [1.165, 1.54) is 4.88 Å². The van der Waals surface area contributed by atoms with Gasteiger partial charge in [-0.1, -0.05) is 33.8 Å². The summed E-state index contributed by atoms with van der Waals surface area (Å²) in [6, 6.07) is 5.48. The second-order valence-corrected chi connectivity index (χ2v) is 7.26. The highest BCUT2D eigenvalue weighted by atomic mass is 32.1. The quantitative estimate of drug-likeness (QED) is 0.871. The van der Waals surface area contributed by atoms with Gasteiger partial charge in [-0.15, -0.1) is 11.3 Å². The van der Waals surface area contributed by atoms with E-state index in [9.17, 15) is 0 Å². The van der Waals surface area contributed by atoms with Crippen molar-refractivity contribution in [3.8, 4) is 0 Å². The lowest BCUT2D eigenvalue weighted by molar-refractivity contribution is -0.0267. The predicted molar refractivity (Wildman–Crippen MR) is 82.6 cm³/mol. The molecule has 1 aromatic rings. The van der Waals surface area contributed by atoms with Crippen LogP contribution < -0.4 is 5.32 Å². The Balaban J connectivity index is 1.97. The molecule has 0 aliphatic carbocycles. The third-order valence-corrected chi connectivity index (χ3v) is 4.95. The van der Waals surface area contributed by atoms with E-state index < -0.39 is 0 Å². The van der Waals surface area contributed by atoms with Gasteiger partial charge in [-0.05, 0) is 36.1 Å². The Kier molecular flexibility index (Phi) is 5.43. The molecule has 108 valence electrons. The fourth-order valence-corrected chi connectivity index (χ4v) is 3.73. The highest BCUT2D eigenvalue weighted by Crippen LogP contribution is 2.29. The molecule has 0 radical (unpaired) electrons. The van der Waals surface area contributed by atoms with E-state index in [-0.39, 0.29) is 0 Å². The van der Waals surface area contributed by atoms with Gasteiger partial charge in [-0.2, -0.15) is 0 Å². The third-order valence-electron chi connectivity index (χ3n) is 3.99. The van der Waals surface area contributed by atoms with Crippen LogP contribution in [-0.4, -0.2) is 18.8 Å². The minimum Gasteiger partial charge on any atom is -0.378 e. The molecule has 1 aliphatic rings. The van der Waals surface area contributed by atoms with Crippen LogP contribution in [0.1, 0.15) is 51.5 Å². The molecule has 3 atom stereocenters. The maximum atomic E-state index is 5.86. The van der Waals surface area contributed by atoms with Crippen molar-refractivity contribution >= 4 is 11.3 Å². The molecule has 0 amide bonds.